The Kier molecular flexibility index (Phi) is 6.46. The first-order valence-electron chi connectivity index (χ1n) is 9.37. The van der Waals surface area contributed by atoms with Gasteiger partial charge in [-0.3, -0.25) is 0 Å². The van der Waals surface area contributed by atoms with E-state index < -0.39 is 10.0 Å². The lowest BCUT2D eigenvalue weighted by atomic mass is 9.92. The van der Waals surface area contributed by atoms with Crippen LogP contribution >= 0.6 is 0 Å². The molecule has 0 spiro atoms. The fourth-order valence-corrected chi connectivity index (χ4v) is 4.78. The molecule has 0 saturated heterocycles. The molecule has 0 aliphatic heterocycles. The van der Waals surface area contributed by atoms with Crippen LogP contribution in [0.1, 0.15) is 48.3 Å². The summed E-state index contributed by atoms with van der Waals surface area (Å²) < 4.78 is 28.0. The Morgan fingerprint density at radius 3 is 2.42 bits per heavy atom. The topological polar surface area (TPSA) is 66.4 Å². The van der Waals surface area contributed by atoms with Gasteiger partial charge < -0.3 is 5.11 Å². The van der Waals surface area contributed by atoms with E-state index in [1.165, 1.54) is 17.5 Å². The fourth-order valence-electron chi connectivity index (χ4n) is 3.69. The largest absolute Gasteiger partial charge is 0.396 e. The number of aliphatic hydroxyl groups excluding tert-OH is 1. The number of sulfonamides is 1. The molecule has 2 N–H and O–H groups in total. The summed E-state index contributed by atoms with van der Waals surface area (Å²) in [6, 6.07) is 15.5. The van der Waals surface area contributed by atoms with E-state index in [-0.39, 0.29) is 12.5 Å². The molecule has 0 aromatic heterocycles. The molecule has 3 rings (SSSR count). The van der Waals surface area contributed by atoms with Gasteiger partial charge in [-0.25, -0.2) is 13.1 Å². The standard InChI is InChI=1S/C21H27NO3S/c23-15-13-19(17-6-2-1-3-7-17)12-14-22-26(24,25)21-11-10-18-8-4-5-9-20(18)16-21/h1-3,6-7,10-11,16,19,22-23H,4-5,8-9,12-15H2. The average molecular weight is 374 g/mol. The van der Waals surface area contributed by atoms with Crippen molar-refractivity contribution in [2.24, 2.45) is 0 Å². The maximum atomic E-state index is 12.6. The number of benzene rings is 2. The molecule has 0 radical (unpaired) electrons. The number of hydrogen-bond acceptors (Lipinski definition) is 3. The zero-order chi connectivity index (χ0) is 18.4. The van der Waals surface area contributed by atoms with Crippen molar-refractivity contribution in [2.45, 2.75) is 49.3 Å². The van der Waals surface area contributed by atoms with E-state index in [1.807, 2.05) is 42.5 Å². The van der Waals surface area contributed by atoms with Crippen LogP contribution in [-0.2, 0) is 22.9 Å². The highest BCUT2D eigenvalue weighted by Gasteiger charge is 2.18. The quantitative estimate of drug-likeness (QED) is 0.745. The van der Waals surface area contributed by atoms with E-state index >= 15 is 0 Å². The summed E-state index contributed by atoms with van der Waals surface area (Å²) in [5, 5.41) is 9.31. The summed E-state index contributed by atoms with van der Waals surface area (Å²) in [7, 11) is -3.50. The van der Waals surface area contributed by atoms with Crippen molar-refractivity contribution in [2.75, 3.05) is 13.2 Å². The van der Waals surface area contributed by atoms with Gasteiger partial charge in [-0.15, -0.1) is 0 Å². The van der Waals surface area contributed by atoms with Crippen LogP contribution in [0.25, 0.3) is 0 Å². The van der Waals surface area contributed by atoms with Crippen molar-refractivity contribution >= 4 is 10.0 Å². The molecule has 1 aliphatic carbocycles. The highest BCUT2D eigenvalue weighted by Crippen LogP contribution is 2.25. The van der Waals surface area contributed by atoms with Gasteiger partial charge in [0.1, 0.15) is 0 Å². The SMILES string of the molecule is O=S(=O)(NCCC(CCO)c1ccccc1)c1ccc2c(c1)CCCC2. The molecule has 2 aromatic carbocycles. The van der Waals surface area contributed by atoms with Crippen LogP contribution in [0.4, 0.5) is 0 Å². The number of hydrogen-bond donors (Lipinski definition) is 2. The third kappa shape index (κ3) is 4.72. The number of rotatable bonds is 8. The molecule has 26 heavy (non-hydrogen) atoms. The summed E-state index contributed by atoms with van der Waals surface area (Å²) in [6.07, 6.45) is 5.61. The van der Waals surface area contributed by atoms with Crippen LogP contribution in [0, 0.1) is 0 Å². The Morgan fingerprint density at radius 2 is 1.69 bits per heavy atom. The minimum absolute atomic E-state index is 0.0944. The molecular weight excluding hydrogens is 346 g/mol. The first-order chi connectivity index (χ1) is 12.6. The highest BCUT2D eigenvalue weighted by molar-refractivity contribution is 7.89. The van der Waals surface area contributed by atoms with Crippen LogP contribution in [0.2, 0.25) is 0 Å². The lowest BCUT2D eigenvalue weighted by Gasteiger charge is -2.18. The zero-order valence-electron chi connectivity index (χ0n) is 15.0. The van der Waals surface area contributed by atoms with Gasteiger partial charge in [0.15, 0.2) is 0 Å². The Morgan fingerprint density at radius 1 is 0.962 bits per heavy atom. The third-order valence-electron chi connectivity index (χ3n) is 5.16. The minimum Gasteiger partial charge on any atom is -0.396 e. The molecule has 2 aromatic rings. The van der Waals surface area contributed by atoms with Crippen LogP contribution in [0.15, 0.2) is 53.4 Å². The number of nitrogens with one attached hydrogen (secondary N) is 1. The van der Waals surface area contributed by atoms with E-state index in [1.54, 1.807) is 6.07 Å². The maximum absolute atomic E-state index is 12.6. The van der Waals surface area contributed by atoms with Crippen LogP contribution in [0.3, 0.4) is 0 Å². The van der Waals surface area contributed by atoms with Crippen molar-refractivity contribution in [3.05, 3.63) is 65.2 Å². The summed E-state index contributed by atoms with van der Waals surface area (Å²) in [5.74, 6) is 0.146. The fraction of sp³-hybridized carbons (Fsp3) is 0.429. The van der Waals surface area contributed by atoms with Crippen LogP contribution < -0.4 is 4.72 Å². The van der Waals surface area contributed by atoms with Gasteiger partial charge in [0, 0.05) is 13.2 Å². The van der Waals surface area contributed by atoms with Crippen LogP contribution in [-0.4, -0.2) is 26.7 Å². The highest BCUT2D eigenvalue weighted by atomic mass is 32.2. The van der Waals surface area contributed by atoms with Crippen molar-refractivity contribution in [3.8, 4) is 0 Å². The molecule has 140 valence electrons. The van der Waals surface area contributed by atoms with Gasteiger partial charge in [0.05, 0.1) is 4.90 Å². The summed E-state index contributed by atoms with van der Waals surface area (Å²) in [5.41, 5.74) is 3.58. The van der Waals surface area contributed by atoms with Gasteiger partial charge >= 0.3 is 0 Å². The zero-order valence-corrected chi connectivity index (χ0v) is 15.8. The van der Waals surface area contributed by atoms with Crippen LogP contribution in [0.5, 0.6) is 0 Å². The Bertz CT molecular complexity index is 818. The first-order valence-corrected chi connectivity index (χ1v) is 10.9. The Balaban J connectivity index is 1.64. The average Bonchev–Trinajstić information content (AvgIpc) is 2.67. The predicted octanol–water partition coefficient (Wildman–Crippen LogP) is 3.40. The second-order valence-electron chi connectivity index (χ2n) is 6.94. The molecule has 1 unspecified atom stereocenters. The molecule has 1 aliphatic rings. The number of aliphatic hydroxyl groups is 1. The molecule has 0 heterocycles. The number of fused-ring (bicyclic) bond motifs is 1. The third-order valence-corrected chi connectivity index (χ3v) is 6.62. The van der Waals surface area contributed by atoms with Crippen molar-refractivity contribution < 1.29 is 13.5 Å². The minimum atomic E-state index is -3.50. The normalized spacial score (nSPS) is 15.4. The van der Waals surface area contributed by atoms with E-state index in [2.05, 4.69) is 4.72 Å². The lowest BCUT2D eigenvalue weighted by molar-refractivity contribution is 0.273. The number of aryl methyl sites for hydroxylation is 2. The smallest absolute Gasteiger partial charge is 0.240 e. The van der Waals surface area contributed by atoms with E-state index in [9.17, 15) is 13.5 Å². The Hall–Kier alpha value is -1.69. The second kappa shape index (κ2) is 8.80. The molecule has 0 bridgehead atoms. The van der Waals surface area contributed by atoms with E-state index in [4.69, 9.17) is 0 Å². The molecule has 0 fully saturated rings. The van der Waals surface area contributed by atoms with E-state index in [0.717, 1.165) is 24.8 Å². The summed E-state index contributed by atoms with van der Waals surface area (Å²) in [6.45, 7) is 0.454. The first kappa shape index (κ1) is 19.1. The monoisotopic (exact) mass is 373 g/mol. The van der Waals surface area contributed by atoms with Gasteiger partial charge in [-0.2, -0.15) is 0 Å². The summed E-state index contributed by atoms with van der Waals surface area (Å²) in [4.78, 5) is 0.358. The van der Waals surface area contributed by atoms with Gasteiger partial charge in [0.2, 0.25) is 10.0 Å². The van der Waals surface area contributed by atoms with Crippen molar-refractivity contribution in [1.82, 2.24) is 4.72 Å². The molecule has 5 heteroatoms. The summed E-state index contributed by atoms with van der Waals surface area (Å²) >= 11 is 0. The molecule has 4 nitrogen and oxygen atoms in total. The Labute approximate surface area is 156 Å². The second-order valence-corrected chi connectivity index (χ2v) is 8.71. The van der Waals surface area contributed by atoms with Gasteiger partial charge in [-0.05, 0) is 73.3 Å². The predicted molar refractivity (Wildman–Crippen MR) is 104 cm³/mol. The molecule has 1 atom stereocenters. The van der Waals surface area contributed by atoms with Crippen molar-refractivity contribution in [3.63, 3.8) is 0 Å². The molecule has 0 saturated carbocycles. The molecule has 0 amide bonds. The lowest BCUT2D eigenvalue weighted by Crippen LogP contribution is -2.26. The maximum Gasteiger partial charge on any atom is 0.240 e. The molecular formula is C21H27NO3S. The van der Waals surface area contributed by atoms with Gasteiger partial charge in [-0.1, -0.05) is 36.4 Å². The van der Waals surface area contributed by atoms with Gasteiger partial charge in [0.25, 0.3) is 0 Å². The van der Waals surface area contributed by atoms with E-state index in [0.29, 0.717) is 24.3 Å². The van der Waals surface area contributed by atoms with Crippen molar-refractivity contribution in [1.29, 1.82) is 0 Å².